The van der Waals surface area contributed by atoms with Gasteiger partial charge in [0, 0.05) is 19.2 Å². The molecule has 0 aromatic heterocycles. The predicted molar refractivity (Wildman–Crippen MR) is 82.6 cm³/mol. The molecule has 1 heterocycles. The Morgan fingerprint density at radius 2 is 2.25 bits per heavy atom. The Hall–Kier alpha value is -1.81. The van der Waals surface area contributed by atoms with Crippen molar-refractivity contribution in [2.24, 2.45) is 0 Å². The Balaban J connectivity index is 2.40. The van der Waals surface area contributed by atoms with Crippen LogP contribution in [-0.2, 0) is 4.79 Å². The fourth-order valence-electron chi connectivity index (χ4n) is 2.42. The highest BCUT2D eigenvalue weighted by Gasteiger charge is 2.25. The second kappa shape index (κ2) is 6.09. The maximum Gasteiger partial charge on any atom is 0.166 e. The smallest absolute Gasteiger partial charge is 0.166 e. The SMILES string of the molecule is CN/C(C=O)=C1/CCCN(c2ccc(C)cc2Cl)C1=N. The Labute approximate surface area is 123 Å². The van der Waals surface area contributed by atoms with Gasteiger partial charge in [-0.15, -0.1) is 0 Å². The monoisotopic (exact) mass is 291 g/mol. The minimum atomic E-state index is 0.346. The van der Waals surface area contributed by atoms with Gasteiger partial charge in [-0.1, -0.05) is 17.7 Å². The number of nitrogens with zero attached hydrogens (tertiary/aromatic N) is 1. The summed E-state index contributed by atoms with van der Waals surface area (Å²) in [5.41, 5.74) is 3.12. The number of likely N-dealkylation sites (N-methyl/N-ethyl adjacent to an activating group) is 1. The molecule has 1 aliphatic heterocycles. The van der Waals surface area contributed by atoms with E-state index in [0.717, 1.165) is 42.5 Å². The van der Waals surface area contributed by atoms with E-state index in [1.165, 1.54) is 0 Å². The lowest BCUT2D eigenvalue weighted by molar-refractivity contribution is -0.105. The molecular weight excluding hydrogens is 274 g/mol. The van der Waals surface area contributed by atoms with Crippen LogP contribution in [0.4, 0.5) is 5.69 Å². The predicted octanol–water partition coefficient (Wildman–Crippen LogP) is 2.90. The summed E-state index contributed by atoms with van der Waals surface area (Å²) in [4.78, 5) is 12.9. The van der Waals surface area contributed by atoms with Crippen LogP contribution >= 0.6 is 11.6 Å². The van der Waals surface area contributed by atoms with Crippen LogP contribution in [0.3, 0.4) is 0 Å². The first-order chi connectivity index (χ1) is 9.58. The Morgan fingerprint density at radius 3 is 2.85 bits per heavy atom. The van der Waals surface area contributed by atoms with Crippen LogP contribution in [0.5, 0.6) is 0 Å². The number of allylic oxidation sites excluding steroid dienone is 1. The molecule has 20 heavy (non-hydrogen) atoms. The highest BCUT2D eigenvalue weighted by Crippen LogP contribution is 2.31. The van der Waals surface area contributed by atoms with Crippen LogP contribution in [0.2, 0.25) is 5.02 Å². The molecule has 2 N–H and O–H groups in total. The largest absolute Gasteiger partial charge is 0.385 e. The van der Waals surface area contributed by atoms with E-state index in [9.17, 15) is 4.79 Å². The molecular formula is C15H18ClN3O. The van der Waals surface area contributed by atoms with Gasteiger partial charge in [0.15, 0.2) is 6.29 Å². The Morgan fingerprint density at radius 1 is 1.50 bits per heavy atom. The number of nitrogens with one attached hydrogen (secondary N) is 2. The number of halogens is 1. The van der Waals surface area contributed by atoms with Crippen LogP contribution in [0, 0.1) is 12.3 Å². The summed E-state index contributed by atoms with van der Waals surface area (Å²) in [5.74, 6) is 0.346. The summed E-state index contributed by atoms with van der Waals surface area (Å²) in [5, 5.41) is 11.8. The first kappa shape index (κ1) is 14.6. The number of benzene rings is 1. The van der Waals surface area contributed by atoms with Gasteiger partial charge >= 0.3 is 0 Å². The number of hydrogen-bond acceptors (Lipinski definition) is 3. The number of carbonyl (C=O) groups is 1. The third-order valence-electron chi connectivity index (χ3n) is 3.47. The molecule has 1 aliphatic rings. The van der Waals surface area contributed by atoms with E-state index in [0.29, 0.717) is 16.6 Å². The highest BCUT2D eigenvalue weighted by molar-refractivity contribution is 6.34. The van der Waals surface area contributed by atoms with Gasteiger partial charge in [0.1, 0.15) is 5.84 Å². The summed E-state index contributed by atoms with van der Waals surface area (Å²) < 4.78 is 0. The van der Waals surface area contributed by atoms with Crippen molar-refractivity contribution < 1.29 is 4.79 Å². The topological polar surface area (TPSA) is 56.2 Å². The molecule has 0 radical (unpaired) electrons. The lowest BCUT2D eigenvalue weighted by atomic mass is 10.00. The average molecular weight is 292 g/mol. The summed E-state index contributed by atoms with van der Waals surface area (Å²) in [6.07, 6.45) is 2.39. The molecule has 4 nitrogen and oxygen atoms in total. The molecule has 0 bridgehead atoms. The zero-order valence-corrected chi connectivity index (χ0v) is 12.4. The standard InChI is InChI=1S/C15H18ClN3O/c1-10-5-6-14(12(16)8-10)19-7-3-4-11(15(19)17)13(9-20)18-2/h5-6,8-9,17-18H,3-4,7H2,1-2H3/b13-11-,17-15?. The Kier molecular flexibility index (Phi) is 4.45. The zero-order chi connectivity index (χ0) is 14.7. The number of hydrogen-bond donors (Lipinski definition) is 2. The third kappa shape index (κ3) is 2.70. The fourth-order valence-corrected chi connectivity index (χ4v) is 2.76. The number of piperidine rings is 1. The quantitative estimate of drug-likeness (QED) is 0.665. The molecule has 1 aromatic rings. The number of aldehydes is 1. The second-order valence-electron chi connectivity index (χ2n) is 4.82. The summed E-state index contributed by atoms with van der Waals surface area (Å²) in [6, 6.07) is 5.79. The molecule has 2 rings (SSSR count). The van der Waals surface area contributed by atoms with Crippen molar-refractivity contribution in [3.8, 4) is 0 Å². The van der Waals surface area contributed by atoms with Crippen molar-refractivity contribution in [2.75, 3.05) is 18.5 Å². The molecule has 0 atom stereocenters. The molecule has 0 amide bonds. The molecule has 106 valence electrons. The van der Waals surface area contributed by atoms with Crippen LogP contribution in [0.25, 0.3) is 0 Å². The Bertz CT molecular complexity index is 580. The maximum atomic E-state index is 11.1. The maximum absolute atomic E-state index is 11.1. The molecule has 0 unspecified atom stereocenters. The van der Waals surface area contributed by atoms with Crippen molar-refractivity contribution in [2.45, 2.75) is 19.8 Å². The summed E-state index contributed by atoms with van der Waals surface area (Å²) in [6.45, 7) is 2.72. The van der Waals surface area contributed by atoms with Crippen molar-refractivity contribution in [1.29, 1.82) is 5.41 Å². The molecule has 0 aliphatic carbocycles. The fraction of sp³-hybridized carbons (Fsp3) is 0.333. The van der Waals surface area contributed by atoms with E-state index in [-0.39, 0.29) is 0 Å². The van der Waals surface area contributed by atoms with Crippen molar-refractivity contribution >= 4 is 29.4 Å². The van der Waals surface area contributed by atoms with Crippen LogP contribution in [0.15, 0.2) is 29.5 Å². The van der Waals surface area contributed by atoms with E-state index in [1.54, 1.807) is 7.05 Å². The van der Waals surface area contributed by atoms with E-state index in [1.807, 2.05) is 30.0 Å². The molecule has 1 fully saturated rings. The van der Waals surface area contributed by atoms with E-state index < -0.39 is 0 Å². The van der Waals surface area contributed by atoms with Gasteiger partial charge in [-0.25, -0.2) is 0 Å². The summed E-state index contributed by atoms with van der Waals surface area (Å²) in [7, 11) is 1.70. The molecule has 5 heteroatoms. The molecule has 1 aromatic carbocycles. The lowest BCUT2D eigenvalue weighted by Crippen LogP contribution is -2.38. The first-order valence-corrected chi connectivity index (χ1v) is 6.95. The molecule has 0 saturated carbocycles. The molecule has 0 spiro atoms. The van der Waals surface area contributed by atoms with E-state index >= 15 is 0 Å². The number of amidine groups is 1. The van der Waals surface area contributed by atoms with E-state index in [4.69, 9.17) is 17.0 Å². The van der Waals surface area contributed by atoms with Crippen LogP contribution < -0.4 is 10.2 Å². The lowest BCUT2D eigenvalue weighted by Gasteiger charge is -2.32. The number of carbonyl (C=O) groups excluding carboxylic acids is 1. The third-order valence-corrected chi connectivity index (χ3v) is 3.77. The zero-order valence-electron chi connectivity index (χ0n) is 11.7. The van der Waals surface area contributed by atoms with Gasteiger partial charge in [-0.05, 0) is 37.5 Å². The average Bonchev–Trinajstić information content (AvgIpc) is 2.43. The van der Waals surface area contributed by atoms with Crippen LogP contribution in [0.1, 0.15) is 18.4 Å². The number of aryl methyl sites for hydroxylation is 1. The number of anilines is 1. The first-order valence-electron chi connectivity index (χ1n) is 6.57. The number of rotatable bonds is 3. The van der Waals surface area contributed by atoms with Gasteiger partial charge in [0.2, 0.25) is 0 Å². The van der Waals surface area contributed by atoms with Gasteiger partial charge in [0.25, 0.3) is 0 Å². The second-order valence-corrected chi connectivity index (χ2v) is 5.23. The van der Waals surface area contributed by atoms with Crippen molar-refractivity contribution in [3.05, 3.63) is 40.1 Å². The van der Waals surface area contributed by atoms with Gasteiger partial charge in [-0.2, -0.15) is 0 Å². The summed E-state index contributed by atoms with van der Waals surface area (Å²) >= 11 is 6.28. The van der Waals surface area contributed by atoms with Crippen molar-refractivity contribution in [1.82, 2.24) is 5.32 Å². The minimum Gasteiger partial charge on any atom is -0.385 e. The highest BCUT2D eigenvalue weighted by atomic mass is 35.5. The van der Waals surface area contributed by atoms with E-state index in [2.05, 4.69) is 5.32 Å². The van der Waals surface area contributed by atoms with Gasteiger partial charge in [-0.3, -0.25) is 10.2 Å². The molecule has 1 saturated heterocycles. The van der Waals surface area contributed by atoms with Crippen molar-refractivity contribution in [3.63, 3.8) is 0 Å². The minimum absolute atomic E-state index is 0.346. The van der Waals surface area contributed by atoms with Gasteiger partial charge in [0.05, 0.1) is 16.4 Å². The van der Waals surface area contributed by atoms with Gasteiger partial charge < -0.3 is 10.2 Å². The normalized spacial score (nSPS) is 17.9. The van der Waals surface area contributed by atoms with Crippen LogP contribution in [-0.4, -0.2) is 25.7 Å².